The van der Waals surface area contributed by atoms with E-state index in [1.165, 1.54) is 13.1 Å². The Hall–Kier alpha value is -1.63. The number of carbonyl (C=O) groups is 2. The van der Waals surface area contributed by atoms with Crippen LogP contribution in [0, 0.1) is 12.7 Å². The number of benzene rings is 1. The monoisotopic (exact) mass is 346 g/mol. The molecule has 1 atom stereocenters. The van der Waals surface area contributed by atoms with E-state index in [4.69, 9.17) is 5.11 Å². The van der Waals surface area contributed by atoms with Gasteiger partial charge in [0.15, 0.2) is 0 Å². The molecule has 5 nitrogen and oxygen atoms in total. The zero-order chi connectivity index (χ0) is 15.4. The predicted molar refractivity (Wildman–Crippen MR) is 77.3 cm³/mol. The average molecular weight is 347 g/mol. The number of hydrogen-bond donors (Lipinski definition) is 2. The van der Waals surface area contributed by atoms with Crippen molar-refractivity contribution in [1.29, 1.82) is 0 Å². The van der Waals surface area contributed by atoms with Crippen molar-refractivity contribution in [1.82, 2.24) is 4.90 Å². The average Bonchev–Trinajstić information content (AvgIpc) is 2.36. The fraction of sp³-hybridized carbons (Fsp3) is 0.385. The van der Waals surface area contributed by atoms with Crippen LogP contribution in [0.4, 0.5) is 14.9 Å². The van der Waals surface area contributed by atoms with Crippen LogP contribution in [0.1, 0.15) is 18.9 Å². The van der Waals surface area contributed by atoms with Crippen LogP contribution in [-0.4, -0.2) is 35.1 Å². The number of nitrogens with zero attached hydrogens (tertiary/aromatic N) is 1. The van der Waals surface area contributed by atoms with Crippen LogP contribution in [-0.2, 0) is 4.79 Å². The SMILES string of the molecule is CCC(C(=O)O)N(C)C(=O)Nc1cc(F)c(Br)cc1C. The number of aliphatic carboxylic acids is 1. The Morgan fingerprint density at radius 3 is 2.60 bits per heavy atom. The van der Waals surface area contributed by atoms with Gasteiger partial charge in [0.2, 0.25) is 0 Å². The van der Waals surface area contributed by atoms with Crippen LogP contribution in [0.5, 0.6) is 0 Å². The van der Waals surface area contributed by atoms with Crippen molar-refractivity contribution in [3.05, 3.63) is 28.0 Å². The van der Waals surface area contributed by atoms with Gasteiger partial charge >= 0.3 is 12.0 Å². The molecule has 0 aliphatic carbocycles. The van der Waals surface area contributed by atoms with Gasteiger partial charge in [0.1, 0.15) is 11.9 Å². The molecule has 110 valence electrons. The summed E-state index contributed by atoms with van der Waals surface area (Å²) >= 11 is 3.05. The van der Waals surface area contributed by atoms with Crippen LogP contribution < -0.4 is 5.32 Å². The van der Waals surface area contributed by atoms with Gasteiger partial charge in [-0.15, -0.1) is 0 Å². The molecule has 0 fully saturated rings. The maximum absolute atomic E-state index is 13.5. The summed E-state index contributed by atoms with van der Waals surface area (Å²) in [4.78, 5) is 24.1. The molecule has 20 heavy (non-hydrogen) atoms. The number of carbonyl (C=O) groups excluding carboxylic acids is 1. The number of hydrogen-bond acceptors (Lipinski definition) is 2. The van der Waals surface area contributed by atoms with E-state index in [2.05, 4.69) is 21.2 Å². The Labute approximate surface area is 124 Å². The van der Waals surface area contributed by atoms with Gasteiger partial charge in [0, 0.05) is 12.7 Å². The smallest absolute Gasteiger partial charge is 0.326 e. The third-order valence-corrected chi connectivity index (χ3v) is 3.58. The zero-order valence-corrected chi connectivity index (χ0v) is 13.0. The van der Waals surface area contributed by atoms with Gasteiger partial charge in [-0.3, -0.25) is 0 Å². The molecule has 0 aliphatic rings. The first-order valence-corrected chi connectivity index (χ1v) is 6.79. The minimum absolute atomic E-state index is 0.285. The third kappa shape index (κ3) is 3.69. The molecule has 1 aromatic carbocycles. The van der Waals surface area contributed by atoms with Crippen LogP contribution >= 0.6 is 15.9 Å². The molecule has 2 amide bonds. The highest BCUT2D eigenvalue weighted by atomic mass is 79.9. The highest BCUT2D eigenvalue weighted by Gasteiger charge is 2.25. The summed E-state index contributed by atoms with van der Waals surface area (Å²) < 4.78 is 13.8. The first-order chi connectivity index (χ1) is 9.27. The van der Waals surface area contributed by atoms with Gasteiger partial charge in [-0.1, -0.05) is 6.92 Å². The van der Waals surface area contributed by atoms with Crippen LogP contribution in [0.15, 0.2) is 16.6 Å². The number of rotatable bonds is 4. The number of aryl methyl sites for hydroxylation is 1. The van der Waals surface area contributed by atoms with Crippen molar-refractivity contribution in [3.63, 3.8) is 0 Å². The van der Waals surface area contributed by atoms with E-state index in [9.17, 15) is 14.0 Å². The van der Waals surface area contributed by atoms with Crippen molar-refractivity contribution in [3.8, 4) is 0 Å². The van der Waals surface area contributed by atoms with Crippen LogP contribution in [0.3, 0.4) is 0 Å². The highest BCUT2D eigenvalue weighted by Crippen LogP contribution is 2.24. The van der Waals surface area contributed by atoms with Gasteiger partial charge in [-0.2, -0.15) is 0 Å². The Kier molecular flexibility index (Phi) is 5.50. The van der Waals surface area contributed by atoms with E-state index in [0.29, 0.717) is 15.7 Å². The van der Waals surface area contributed by atoms with Gasteiger partial charge in [-0.05, 0) is 47.0 Å². The summed E-state index contributed by atoms with van der Waals surface area (Å²) in [5.41, 5.74) is 0.978. The lowest BCUT2D eigenvalue weighted by Gasteiger charge is -2.24. The molecule has 0 saturated carbocycles. The van der Waals surface area contributed by atoms with Crippen LogP contribution in [0.25, 0.3) is 0 Å². The van der Waals surface area contributed by atoms with Crippen LogP contribution in [0.2, 0.25) is 0 Å². The second-order valence-corrected chi connectivity index (χ2v) is 5.24. The molecule has 1 unspecified atom stereocenters. The quantitative estimate of drug-likeness (QED) is 0.879. The minimum Gasteiger partial charge on any atom is -0.480 e. The van der Waals surface area contributed by atoms with E-state index in [1.807, 2.05) is 0 Å². The number of likely N-dealkylation sites (N-methyl/N-ethyl adjacent to an activating group) is 1. The van der Waals surface area contributed by atoms with E-state index in [-0.39, 0.29) is 6.42 Å². The molecule has 0 aromatic heterocycles. The number of carboxylic acid groups (broad SMARTS) is 1. The van der Waals surface area contributed by atoms with E-state index < -0.39 is 23.9 Å². The molecule has 1 rings (SSSR count). The maximum Gasteiger partial charge on any atom is 0.326 e. The van der Waals surface area contributed by atoms with E-state index in [0.717, 1.165) is 4.90 Å². The zero-order valence-electron chi connectivity index (χ0n) is 11.4. The van der Waals surface area contributed by atoms with Crippen molar-refractivity contribution in [2.45, 2.75) is 26.3 Å². The molecular weight excluding hydrogens is 331 g/mol. The normalized spacial score (nSPS) is 11.8. The summed E-state index contributed by atoms with van der Waals surface area (Å²) in [6.45, 7) is 3.39. The number of halogens is 2. The molecule has 1 aromatic rings. The second kappa shape index (κ2) is 6.69. The minimum atomic E-state index is -1.08. The molecule has 0 spiro atoms. The Morgan fingerprint density at radius 2 is 2.10 bits per heavy atom. The van der Waals surface area contributed by atoms with Crippen molar-refractivity contribution in [2.24, 2.45) is 0 Å². The van der Waals surface area contributed by atoms with Crippen molar-refractivity contribution >= 4 is 33.6 Å². The fourth-order valence-electron chi connectivity index (χ4n) is 1.74. The molecule has 0 aliphatic heterocycles. The fourth-order valence-corrected chi connectivity index (χ4v) is 2.20. The number of nitrogens with one attached hydrogen (secondary N) is 1. The highest BCUT2D eigenvalue weighted by molar-refractivity contribution is 9.10. The van der Waals surface area contributed by atoms with Gasteiger partial charge in [-0.25, -0.2) is 14.0 Å². The molecular formula is C13H16BrFN2O3. The molecule has 0 heterocycles. The number of amides is 2. The number of urea groups is 1. The third-order valence-electron chi connectivity index (χ3n) is 2.97. The Balaban J connectivity index is 2.90. The number of carboxylic acids is 1. The predicted octanol–water partition coefficient (Wildman–Crippen LogP) is 3.22. The maximum atomic E-state index is 13.5. The largest absolute Gasteiger partial charge is 0.480 e. The number of anilines is 1. The second-order valence-electron chi connectivity index (χ2n) is 4.38. The Bertz CT molecular complexity index is 537. The van der Waals surface area contributed by atoms with Gasteiger partial charge < -0.3 is 15.3 Å². The first kappa shape index (κ1) is 16.4. The van der Waals surface area contributed by atoms with Gasteiger partial charge in [0.05, 0.1) is 4.47 Å². The van der Waals surface area contributed by atoms with Crippen molar-refractivity contribution in [2.75, 3.05) is 12.4 Å². The standard InChI is InChI=1S/C13H16BrFN2O3/c1-4-11(12(18)19)17(3)13(20)16-10-6-9(15)8(14)5-7(10)2/h5-6,11H,4H2,1-3H3,(H,16,20)(H,18,19). The Morgan fingerprint density at radius 1 is 1.50 bits per heavy atom. The first-order valence-electron chi connectivity index (χ1n) is 6.00. The van der Waals surface area contributed by atoms with Crippen molar-refractivity contribution < 1.29 is 19.1 Å². The topological polar surface area (TPSA) is 69.6 Å². The summed E-state index contributed by atoms with van der Waals surface area (Å²) in [5, 5.41) is 11.5. The molecule has 7 heteroatoms. The summed E-state index contributed by atoms with van der Waals surface area (Å²) in [6, 6.07) is 1.21. The lowest BCUT2D eigenvalue weighted by atomic mass is 10.2. The molecule has 0 saturated heterocycles. The summed E-state index contributed by atoms with van der Waals surface area (Å²) in [7, 11) is 1.39. The lowest BCUT2D eigenvalue weighted by Crippen LogP contribution is -2.44. The van der Waals surface area contributed by atoms with Gasteiger partial charge in [0.25, 0.3) is 0 Å². The van der Waals surface area contributed by atoms with E-state index >= 15 is 0 Å². The lowest BCUT2D eigenvalue weighted by molar-refractivity contribution is -0.141. The summed E-state index contributed by atoms with van der Waals surface area (Å²) in [5.74, 6) is -1.58. The molecule has 0 radical (unpaired) electrons. The molecule has 2 N–H and O–H groups in total. The molecule has 0 bridgehead atoms. The summed E-state index contributed by atoms with van der Waals surface area (Å²) in [6.07, 6.45) is 0.285. The van der Waals surface area contributed by atoms with E-state index in [1.54, 1.807) is 19.9 Å².